The van der Waals surface area contributed by atoms with E-state index in [4.69, 9.17) is 4.42 Å². The van der Waals surface area contributed by atoms with Gasteiger partial charge in [-0.3, -0.25) is 24.1 Å². The van der Waals surface area contributed by atoms with E-state index in [-0.39, 0.29) is 23.5 Å². The van der Waals surface area contributed by atoms with Gasteiger partial charge in [0.25, 0.3) is 17.4 Å². The van der Waals surface area contributed by atoms with Crippen LogP contribution in [0.15, 0.2) is 77.0 Å². The maximum Gasteiger partial charge on any atom is 0.296 e. The van der Waals surface area contributed by atoms with E-state index < -0.39 is 28.4 Å². The highest BCUT2D eigenvalue weighted by atomic mass is 16.6. The van der Waals surface area contributed by atoms with Gasteiger partial charge in [0.15, 0.2) is 5.76 Å². The molecule has 1 unspecified atom stereocenters. The molecule has 4 aromatic rings. The lowest BCUT2D eigenvalue weighted by Gasteiger charge is -2.24. The Labute approximate surface area is 192 Å². The fraction of sp³-hybridized carbons (Fsp3) is 0.125. The maximum atomic E-state index is 13.2. The molecular formula is C24H18N4O6. The number of aryl methyl sites for hydroxylation is 1. The number of nitro groups is 1. The van der Waals surface area contributed by atoms with Gasteiger partial charge in [0.1, 0.15) is 17.1 Å². The molecule has 0 radical (unpaired) electrons. The van der Waals surface area contributed by atoms with Crippen molar-refractivity contribution in [2.45, 2.75) is 19.5 Å². The highest BCUT2D eigenvalue weighted by Gasteiger charge is 2.47. The number of likely N-dealkylation sites (tertiary alicyclic amines) is 1. The molecule has 0 aliphatic carbocycles. The molecule has 3 aromatic heterocycles. The van der Waals surface area contributed by atoms with Crippen molar-refractivity contribution in [2.24, 2.45) is 0 Å². The number of nitro benzene ring substituents is 1. The molecule has 0 saturated carbocycles. The van der Waals surface area contributed by atoms with Crippen molar-refractivity contribution in [2.75, 3.05) is 0 Å². The molecule has 4 heterocycles. The van der Waals surface area contributed by atoms with Gasteiger partial charge in [-0.2, -0.15) is 0 Å². The van der Waals surface area contributed by atoms with Gasteiger partial charge in [-0.05, 0) is 36.8 Å². The zero-order valence-electron chi connectivity index (χ0n) is 17.9. The number of aliphatic hydroxyl groups excluding tert-OH is 1. The molecule has 10 heteroatoms. The molecule has 10 nitrogen and oxygen atoms in total. The van der Waals surface area contributed by atoms with E-state index in [1.54, 1.807) is 53.9 Å². The predicted molar refractivity (Wildman–Crippen MR) is 120 cm³/mol. The third-order valence-electron chi connectivity index (χ3n) is 5.77. The van der Waals surface area contributed by atoms with Gasteiger partial charge in [0.2, 0.25) is 0 Å². The van der Waals surface area contributed by atoms with E-state index in [1.807, 2.05) is 0 Å². The number of non-ortho nitro benzene ring substituents is 1. The average Bonchev–Trinajstić information content (AvgIpc) is 3.52. The number of aliphatic hydroxyl groups is 1. The van der Waals surface area contributed by atoms with Gasteiger partial charge in [-0.25, -0.2) is 4.98 Å². The molecular weight excluding hydrogens is 440 g/mol. The molecule has 5 rings (SSSR count). The quantitative estimate of drug-likeness (QED) is 0.158. The lowest BCUT2D eigenvalue weighted by Crippen LogP contribution is -2.29. The minimum absolute atomic E-state index is 0.0617. The second-order valence-electron chi connectivity index (χ2n) is 7.83. The van der Waals surface area contributed by atoms with Crippen LogP contribution in [0.4, 0.5) is 5.69 Å². The van der Waals surface area contributed by atoms with E-state index in [2.05, 4.69) is 4.98 Å². The van der Waals surface area contributed by atoms with Crippen molar-refractivity contribution < 1.29 is 24.0 Å². The molecule has 0 spiro atoms. The maximum absolute atomic E-state index is 13.2. The summed E-state index contributed by atoms with van der Waals surface area (Å²) in [5.41, 5.74) is 1.21. The van der Waals surface area contributed by atoms with Crippen LogP contribution in [0.25, 0.3) is 11.4 Å². The molecule has 1 amide bonds. The van der Waals surface area contributed by atoms with Gasteiger partial charge in [-0.1, -0.05) is 18.2 Å². The van der Waals surface area contributed by atoms with E-state index >= 15 is 0 Å². The van der Waals surface area contributed by atoms with Crippen LogP contribution in [-0.2, 0) is 16.1 Å². The van der Waals surface area contributed by atoms with Gasteiger partial charge in [-0.15, -0.1) is 0 Å². The molecule has 170 valence electrons. The fourth-order valence-electron chi connectivity index (χ4n) is 4.29. The van der Waals surface area contributed by atoms with Crippen LogP contribution in [0, 0.1) is 17.0 Å². The Morgan fingerprint density at radius 3 is 2.74 bits per heavy atom. The van der Waals surface area contributed by atoms with E-state index in [0.717, 1.165) is 0 Å². The Kier molecular flexibility index (Phi) is 4.97. The number of hydrogen-bond donors (Lipinski definition) is 1. The summed E-state index contributed by atoms with van der Waals surface area (Å²) in [5.74, 6) is -1.73. The summed E-state index contributed by atoms with van der Waals surface area (Å²) in [6.07, 6.45) is 3.13. The van der Waals surface area contributed by atoms with Crippen molar-refractivity contribution in [3.63, 3.8) is 0 Å². The van der Waals surface area contributed by atoms with Crippen LogP contribution in [0.1, 0.15) is 28.8 Å². The van der Waals surface area contributed by atoms with Crippen LogP contribution < -0.4 is 0 Å². The van der Waals surface area contributed by atoms with Gasteiger partial charge >= 0.3 is 0 Å². The minimum Gasteiger partial charge on any atom is -0.505 e. The highest BCUT2D eigenvalue weighted by Crippen LogP contribution is 2.41. The molecule has 1 aliphatic rings. The van der Waals surface area contributed by atoms with Crippen LogP contribution in [0.3, 0.4) is 0 Å². The molecule has 1 atom stereocenters. The number of carbonyl (C=O) groups excluding carboxylic acids is 2. The summed E-state index contributed by atoms with van der Waals surface area (Å²) in [4.78, 5) is 42.8. The summed E-state index contributed by atoms with van der Waals surface area (Å²) < 4.78 is 6.98. The third-order valence-corrected chi connectivity index (χ3v) is 5.77. The van der Waals surface area contributed by atoms with E-state index in [1.165, 1.54) is 29.4 Å². The van der Waals surface area contributed by atoms with E-state index in [9.17, 15) is 24.8 Å². The SMILES string of the molecule is Cc1nc2ccccn2c1C(O)=C1C(=O)C(=O)N(Cc2ccco2)C1c1cccc([N+](=O)[O-])c1. The normalized spacial score (nSPS) is 17.6. The Morgan fingerprint density at radius 2 is 2.00 bits per heavy atom. The van der Waals surface area contributed by atoms with E-state index in [0.29, 0.717) is 22.7 Å². The monoisotopic (exact) mass is 458 g/mol. The lowest BCUT2D eigenvalue weighted by molar-refractivity contribution is -0.384. The standard InChI is InChI=1S/C24H18N4O6/c1-14-20(26-10-3-2-9-18(26)25-14)22(29)19-21(15-6-4-7-16(12-15)28(32)33)27(24(31)23(19)30)13-17-8-5-11-34-17/h2-12,21,29H,13H2,1H3. The minimum atomic E-state index is -1.07. The topological polar surface area (TPSA) is 131 Å². The number of hydrogen-bond acceptors (Lipinski definition) is 7. The second kappa shape index (κ2) is 8.00. The number of imidazole rings is 1. The lowest BCUT2D eigenvalue weighted by atomic mass is 9.96. The first kappa shape index (κ1) is 21.1. The number of nitrogens with zero attached hydrogens (tertiary/aromatic N) is 4. The molecule has 1 aromatic carbocycles. The third kappa shape index (κ3) is 3.32. The summed E-state index contributed by atoms with van der Waals surface area (Å²) >= 11 is 0. The van der Waals surface area contributed by atoms with Crippen molar-refractivity contribution in [3.05, 3.63) is 105 Å². The zero-order chi connectivity index (χ0) is 24.0. The number of aromatic nitrogens is 2. The molecule has 1 saturated heterocycles. The Hall–Kier alpha value is -4.73. The van der Waals surface area contributed by atoms with Crippen molar-refractivity contribution >= 4 is 28.8 Å². The molecule has 1 aliphatic heterocycles. The van der Waals surface area contributed by atoms with Crippen LogP contribution in [0.2, 0.25) is 0 Å². The Morgan fingerprint density at radius 1 is 1.18 bits per heavy atom. The predicted octanol–water partition coefficient (Wildman–Crippen LogP) is 3.77. The van der Waals surface area contributed by atoms with Gasteiger partial charge in [0.05, 0.1) is 35.0 Å². The van der Waals surface area contributed by atoms with Crippen LogP contribution >= 0.6 is 0 Å². The summed E-state index contributed by atoms with van der Waals surface area (Å²) in [6, 6.07) is 13.2. The average molecular weight is 458 g/mol. The van der Waals surface area contributed by atoms with Crippen LogP contribution in [-0.4, -0.2) is 36.0 Å². The molecule has 1 fully saturated rings. The Bertz CT molecular complexity index is 1480. The number of fused-ring (bicyclic) bond motifs is 1. The Balaban J connectivity index is 1.74. The smallest absolute Gasteiger partial charge is 0.296 e. The first-order valence-electron chi connectivity index (χ1n) is 10.4. The number of amides is 1. The van der Waals surface area contributed by atoms with Crippen molar-refractivity contribution in [1.82, 2.24) is 14.3 Å². The summed E-state index contributed by atoms with van der Waals surface area (Å²) in [6.45, 7) is 1.62. The fourth-order valence-corrected chi connectivity index (χ4v) is 4.29. The number of pyridine rings is 1. The number of carbonyl (C=O) groups is 2. The first-order valence-corrected chi connectivity index (χ1v) is 10.4. The zero-order valence-corrected chi connectivity index (χ0v) is 17.9. The summed E-state index contributed by atoms with van der Waals surface area (Å²) in [7, 11) is 0. The molecule has 0 bridgehead atoms. The highest BCUT2D eigenvalue weighted by molar-refractivity contribution is 6.46. The second-order valence-corrected chi connectivity index (χ2v) is 7.83. The first-order chi connectivity index (χ1) is 16.4. The largest absolute Gasteiger partial charge is 0.505 e. The summed E-state index contributed by atoms with van der Waals surface area (Å²) in [5, 5.41) is 22.8. The van der Waals surface area contributed by atoms with Gasteiger partial charge < -0.3 is 14.4 Å². The van der Waals surface area contributed by atoms with Crippen molar-refractivity contribution in [1.29, 1.82) is 0 Å². The number of furan rings is 1. The van der Waals surface area contributed by atoms with Gasteiger partial charge in [0, 0.05) is 18.3 Å². The molecule has 1 N–H and O–H groups in total. The van der Waals surface area contributed by atoms with Crippen molar-refractivity contribution in [3.8, 4) is 0 Å². The number of Topliss-reactive ketones (excluding diaryl/α,β-unsaturated/α-hetero) is 1. The number of ketones is 1. The number of rotatable bonds is 5. The van der Waals surface area contributed by atoms with Crippen LogP contribution in [0.5, 0.6) is 0 Å². The molecule has 34 heavy (non-hydrogen) atoms. The number of benzene rings is 1.